The summed E-state index contributed by atoms with van der Waals surface area (Å²) >= 11 is 1.38. The average Bonchev–Trinajstić information content (AvgIpc) is 3.33. The molecule has 0 fully saturated rings. The summed E-state index contributed by atoms with van der Waals surface area (Å²) in [6, 6.07) is 24.6. The van der Waals surface area contributed by atoms with Crippen molar-refractivity contribution < 1.29 is 9.53 Å². The van der Waals surface area contributed by atoms with Gasteiger partial charge < -0.3 is 10.1 Å². The Morgan fingerprint density at radius 3 is 2.26 bits per heavy atom. The van der Waals surface area contributed by atoms with E-state index in [2.05, 4.69) is 69.0 Å². The fourth-order valence-corrected chi connectivity index (χ4v) is 4.72. The van der Waals surface area contributed by atoms with Crippen LogP contribution in [0, 0.1) is 0 Å². The maximum atomic E-state index is 12.7. The number of hydrogen-bond donors (Lipinski definition) is 1. The fourth-order valence-electron chi connectivity index (χ4n) is 3.93. The monoisotopic (exact) mass is 487 g/mol. The summed E-state index contributed by atoms with van der Waals surface area (Å²) in [7, 11) is 1.66. The van der Waals surface area contributed by atoms with Crippen LogP contribution < -0.4 is 5.32 Å². The van der Waals surface area contributed by atoms with E-state index in [4.69, 9.17) is 4.74 Å². The predicted molar refractivity (Wildman–Crippen MR) is 138 cm³/mol. The number of ether oxygens (including phenoxy) is 1. The molecule has 0 saturated carbocycles. The highest BCUT2D eigenvalue weighted by molar-refractivity contribution is 7.99. The summed E-state index contributed by atoms with van der Waals surface area (Å²) in [5.74, 6) is 1.20. The molecule has 35 heavy (non-hydrogen) atoms. The van der Waals surface area contributed by atoms with Crippen LogP contribution >= 0.6 is 11.8 Å². The van der Waals surface area contributed by atoms with Gasteiger partial charge in [-0.05, 0) is 29.7 Å². The molecule has 7 nitrogen and oxygen atoms in total. The molecule has 4 aromatic rings. The lowest BCUT2D eigenvalue weighted by Gasteiger charge is -2.18. The Morgan fingerprint density at radius 1 is 0.971 bits per heavy atom. The molecule has 0 atom stereocenters. The number of nitrogens with zero attached hydrogens (tertiary/aromatic N) is 4. The largest absolute Gasteiger partial charge is 0.383 e. The van der Waals surface area contributed by atoms with Gasteiger partial charge in [-0.1, -0.05) is 72.4 Å². The van der Waals surface area contributed by atoms with Gasteiger partial charge in [0.25, 0.3) is 0 Å². The van der Waals surface area contributed by atoms with E-state index < -0.39 is 0 Å². The highest BCUT2D eigenvalue weighted by Crippen LogP contribution is 2.27. The van der Waals surface area contributed by atoms with E-state index in [1.54, 1.807) is 19.5 Å². The molecular formula is C27H29N5O2S. The van der Waals surface area contributed by atoms with Gasteiger partial charge in [0.2, 0.25) is 5.91 Å². The molecule has 0 saturated heterocycles. The first-order valence-electron chi connectivity index (χ1n) is 11.6. The second-order valence-corrected chi connectivity index (χ2v) is 8.93. The van der Waals surface area contributed by atoms with Crippen molar-refractivity contribution >= 4 is 17.7 Å². The van der Waals surface area contributed by atoms with Gasteiger partial charge >= 0.3 is 0 Å². The number of carbonyl (C=O) groups excluding carboxylic acids is 1. The highest BCUT2D eigenvalue weighted by Gasteiger charge is 2.17. The number of benzene rings is 2. The fraction of sp³-hybridized carbons (Fsp3) is 0.259. The molecule has 0 unspecified atom stereocenters. The number of methoxy groups -OCH3 is 1. The summed E-state index contributed by atoms with van der Waals surface area (Å²) in [5.41, 5.74) is 3.42. The van der Waals surface area contributed by atoms with Gasteiger partial charge in [0.15, 0.2) is 11.0 Å². The Hall–Kier alpha value is -3.49. The standard InChI is InChI=1S/C27H29N5O2S/c1-34-19-18-32-26(23-12-15-28-16-13-23)30-31-27(32)35-20-25(33)29-17-14-24(21-8-4-2-5-9-21)22-10-6-3-7-11-22/h2-13,15-16,24H,14,17-20H2,1H3,(H,29,33). The normalized spacial score (nSPS) is 11.0. The van der Waals surface area contributed by atoms with E-state index in [-0.39, 0.29) is 17.6 Å². The first-order valence-corrected chi connectivity index (χ1v) is 12.6. The molecule has 0 radical (unpaired) electrons. The number of aromatic nitrogens is 4. The Balaban J connectivity index is 1.35. The minimum Gasteiger partial charge on any atom is -0.383 e. The minimum atomic E-state index is -0.0263. The Morgan fingerprint density at radius 2 is 1.63 bits per heavy atom. The van der Waals surface area contributed by atoms with E-state index in [0.717, 1.165) is 17.8 Å². The van der Waals surface area contributed by atoms with Crippen molar-refractivity contribution in [1.82, 2.24) is 25.1 Å². The number of nitrogens with one attached hydrogen (secondary N) is 1. The van der Waals surface area contributed by atoms with Crippen LogP contribution in [0.15, 0.2) is 90.3 Å². The van der Waals surface area contributed by atoms with E-state index in [1.807, 2.05) is 28.8 Å². The lowest BCUT2D eigenvalue weighted by atomic mass is 9.88. The molecule has 0 aliphatic heterocycles. The van der Waals surface area contributed by atoms with Gasteiger partial charge in [-0.15, -0.1) is 10.2 Å². The SMILES string of the molecule is COCCn1c(SCC(=O)NCCC(c2ccccc2)c2ccccc2)nnc1-c1ccncc1. The molecular weight excluding hydrogens is 458 g/mol. The lowest BCUT2D eigenvalue weighted by Crippen LogP contribution is -2.27. The molecule has 2 aromatic heterocycles. The number of carbonyl (C=O) groups is 1. The van der Waals surface area contributed by atoms with Crippen LogP contribution in [-0.2, 0) is 16.1 Å². The summed E-state index contributed by atoms with van der Waals surface area (Å²) in [4.78, 5) is 16.7. The number of thioether (sulfide) groups is 1. The Labute approximate surface area is 210 Å². The highest BCUT2D eigenvalue weighted by atomic mass is 32.2. The Kier molecular flexibility index (Phi) is 9.03. The van der Waals surface area contributed by atoms with Crippen molar-refractivity contribution in [1.29, 1.82) is 0 Å². The molecule has 180 valence electrons. The van der Waals surface area contributed by atoms with Crippen LogP contribution in [-0.4, -0.2) is 51.7 Å². The van der Waals surface area contributed by atoms with Gasteiger partial charge in [-0.3, -0.25) is 14.3 Å². The smallest absolute Gasteiger partial charge is 0.230 e. The van der Waals surface area contributed by atoms with E-state index in [9.17, 15) is 4.79 Å². The topological polar surface area (TPSA) is 81.9 Å². The van der Waals surface area contributed by atoms with Crippen molar-refractivity contribution in [2.75, 3.05) is 26.0 Å². The molecule has 0 aliphatic rings. The lowest BCUT2D eigenvalue weighted by molar-refractivity contribution is -0.118. The van der Waals surface area contributed by atoms with Crippen molar-refractivity contribution in [2.45, 2.75) is 24.0 Å². The average molecular weight is 488 g/mol. The summed E-state index contributed by atoms with van der Waals surface area (Å²) in [5, 5.41) is 12.4. The maximum absolute atomic E-state index is 12.7. The summed E-state index contributed by atoms with van der Waals surface area (Å²) < 4.78 is 7.24. The van der Waals surface area contributed by atoms with Crippen LogP contribution in [0.25, 0.3) is 11.4 Å². The van der Waals surface area contributed by atoms with Gasteiger partial charge in [0, 0.05) is 37.5 Å². The van der Waals surface area contributed by atoms with Crippen LogP contribution in [0.3, 0.4) is 0 Å². The summed E-state index contributed by atoms with van der Waals surface area (Å²) in [6.45, 7) is 1.71. The van der Waals surface area contributed by atoms with E-state index >= 15 is 0 Å². The first kappa shape index (κ1) is 24.6. The second kappa shape index (κ2) is 12.8. The van der Waals surface area contributed by atoms with Crippen molar-refractivity contribution in [3.63, 3.8) is 0 Å². The molecule has 2 heterocycles. The zero-order valence-corrected chi connectivity index (χ0v) is 20.5. The zero-order chi connectivity index (χ0) is 24.3. The third-order valence-electron chi connectivity index (χ3n) is 5.67. The van der Waals surface area contributed by atoms with Crippen molar-refractivity contribution in [3.05, 3.63) is 96.3 Å². The number of pyridine rings is 1. The van der Waals surface area contributed by atoms with E-state index in [0.29, 0.717) is 24.9 Å². The maximum Gasteiger partial charge on any atom is 0.230 e. The molecule has 1 amide bonds. The van der Waals surface area contributed by atoms with Gasteiger partial charge in [-0.2, -0.15) is 0 Å². The van der Waals surface area contributed by atoms with Crippen molar-refractivity contribution in [3.8, 4) is 11.4 Å². The number of rotatable bonds is 12. The molecule has 2 aromatic carbocycles. The first-order chi connectivity index (χ1) is 17.3. The van der Waals surface area contributed by atoms with Crippen molar-refractivity contribution in [2.24, 2.45) is 0 Å². The third-order valence-corrected chi connectivity index (χ3v) is 6.63. The third kappa shape index (κ3) is 6.77. The Bertz CT molecular complexity index is 1150. The molecule has 1 N–H and O–H groups in total. The number of amides is 1. The molecule has 8 heteroatoms. The molecule has 0 aliphatic carbocycles. The predicted octanol–water partition coefficient (Wildman–Crippen LogP) is 4.42. The molecule has 0 spiro atoms. The van der Waals surface area contributed by atoms with Crippen LogP contribution in [0.1, 0.15) is 23.5 Å². The quantitative estimate of drug-likeness (QED) is 0.298. The zero-order valence-electron chi connectivity index (χ0n) is 19.7. The molecule has 4 rings (SSSR count). The minimum absolute atomic E-state index is 0.0263. The molecule has 0 bridgehead atoms. The second-order valence-electron chi connectivity index (χ2n) is 7.99. The number of hydrogen-bond acceptors (Lipinski definition) is 6. The van der Waals surface area contributed by atoms with E-state index in [1.165, 1.54) is 22.9 Å². The summed E-state index contributed by atoms with van der Waals surface area (Å²) in [6.07, 6.45) is 4.27. The van der Waals surface area contributed by atoms with Crippen LogP contribution in [0.5, 0.6) is 0 Å². The van der Waals surface area contributed by atoms with Gasteiger partial charge in [-0.25, -0.2) is 0 Å². The van der Waals surface area contributed by atoms with Gasteiger partial charge in [0.05, 0.1) is 18.9 Å². The van der Waals surface area contributed by atoms with Crippen LogP contribution in [0.4, 0.5) is 0 Å². The van der Waals surface area contributed by atoms with Gasteiger partial charge in [0.1, 0.15) is 0 Å². The van der Waals surface area contributed by atoms with Crippen LogP contribution in [0.2, 0.25) is 0 Å².